The van der Waals surface area contributed by atoms with Crippen LogP contribution in [0.3, 0.4) is 0 Å². The maximum absolute atomic E-state index is 10.7. The molecule has 23 heavy (non-hydrogen) atoms. The van der Waals surface area contributed by atoms with E-state index in [2.05, 4.69) is 55.5 Å². The molecule has 0 saturated carbocycles. The van der Waals surface area contributed by atoms with Crippen molar-refractivity contribution in [1.29, 1.82) is 0 Å². The topological polar surface area (TPSA) is 26.7 Å². The minimum Gasteiger partial charge on any atom is -0.507 e. The predicted octanol–water partition coefficient (Wildman–Crippen LogP) is 3.00. The highest BCUT2D eigenvalue weighted by molar-refractivity contribution is 5.47. The number of benzene rings is 1. The normalized spacial score (nSPS) is 17.2. The van der Waals surface area contributed by atoms with E-state index in [1.165, 1.54) is 5.56 Å². The molecule has 1 N–H and O–H groups in total. The summed E-state index contributed by atoms with van der Waals surface area (Å²) in [6.07, 6.45) is 6.38. The Labute approximate surface area is 141 Å². The molecule has 0 bridgehead atoms. The highest BCUT2D eigenvalue weighted by atomic mass is 16.3. The van der Waals surface area contributed by atoms with Crippen LogP contribution in [0.25, 0.3) is 0 Å². The minimum absolute atomic E-state index is 0.0461. The summed E-state index contributed by atoms with van der Waals surface area (Å²) in [5.74, 6) is 3.19. The number of phenolic OH excluding ortho intramolecular Hbond substituents is 1. The lowest BCUT2D eigenvalue weighted by Gasteiger charge is -2.34. The predicted molar refractivity (Wildman–Crippen MR) is 96.7 cm³/mol. The van der Waals surface area contributed by atoms with Crippen molar-refractivity contribution in [2.75, 3.05) is 32.7 Å². The van der Waals surface area contributed by atoms with Gasteiger partial charge in [-0.1, -0.05) is 45.7 Å². The monoisotopic (exact) mass is 314 g/mol. The average Bonchev–Trinajstić information content (AvgIpc) is 2.50. The fourth-order valence-electron chi connectivity index (χ4n) is 3.13. The zero-order valence-corrected chi connectivity index (χ0v) is 15.0. The van der Waals surface area contributed by atoms with E-state index in [0.717, 1.165) is 56.8 Å². The molecule has 2 rings (SSSR count). The van der Waals surface area contributed by atoms with Gasteiger partial charge in [-0.05, 0) is 23.0 Å². The maximum Gasteiger partial charge on any atom is 0.123 e. The molecule has 1 aromatic carbocycles. The molecule has 0 radical (unpaired) electrons. The van der Waals surface area contributed by atoms with Crippen LogP contribution in [0.1, 0.15) is 44.4 Å². The van der Waals surface area contributed by atoms with Crippen molar-refractivity contribution in [2.24, 2.45) is 0 Å². The van der Waals surface area contributed by atoms with Gasteiger partial charge in [-0.15, -0.1) is 6.42 Å². The summed E-state index contributed by atoms with van der Waals surface area (Å²) in [6, 6.07) is 4.32. The van der Waals surface area contributed by atoms with Crippen LogP contribution < -0.4 is 0 Å². The van der Waals surface area contributed by atoms with Gasteiger partial charge in [0.15, 0.2) is 0 Å². The first kappa shape index (κ1) is 17.8. The van der Waals surface area contributed by atoms with E-state index in [1.807, 2.05) is 0 Å². The first-order valence-electron chi connectivity index (χ1n) is 8.58. The SMILES string of the molecule is C#CCN1CCN(Cc2cc(CC)cc(C(C)(C)C)c2O)CC1. The van der Waals surface area contributed by atoms with Crippen molar-refractivity contribution in [1.82, 2.24) is 9.80 Å². The standard InChI is InChI=1S/C20H30N2O/c1-6-8-21-9-11-22(12-10-21)15-17-13-16(7-2)14-18(19(17)23)20(3,4)5/h1,13-14,23H,7-12,15H2,2-5H3. The van der Waals surface area contributed by atoms with Gasteiger partial charge in [0.25, 0.3) is 0 Å². The third-order valence-corrected chi connectivity index (χ3v) is 4.64. The Balaban J connectivity index is 2.16. The summed E-state index contributed by atoms with van der Waals surface area (Å²) < 4.78 is 0. The van der Waals surface area contributed by atoms with Crippen molar-refractivity contribution < 1.29 is 5.11 Å². The van der Waals surface area contributed by atoms with Gasteiger partial charge in [0, 0.05) is 38.3 Å². The quantitative estimate of drug-likeness (QED) is 0.866. The molecule has 1 aliphatic rings. The molecular formula is C20H30N2O. The van der Waals surface area contributed by atoms with Crippen molar-refractivity contribution in [3.63, 3.8) is 0 Å². The third-order valence-electron chi connectivity index (χ3n) is 4.64. The van der Waals surface area contributed by atoms with Crippen LogP contribution in [0.2, 0.25) is 0 Å². The third kappa shape index (κ3) is 4.50. The Bertz CT molecular complexity index is 573. The van der Waals surface area contributed by atoms with Crippen molar-refractivity contribution in [3.05, 3.63) is 28.8 Å². The van der Waals surface area contributed by atoms with Gasteiger partial charge >= 0.3 is 0 Å². The molecule has 3 heteroatoms. The van der Waals surface area contributed by atoms with Gasteiger partial charge in [0.2, 0.25) is 0 Å². The molecule has 3 nitrogen and oxygen atoms in total. The number of hydrogen-bond donors (Lipinski definition) is 1. The average molecular weight is 314 g/mol. The van der Waals surface area contributed by atoms with E-state index in [-0.39, 0.29) is 5.41 Å². The van der Waals surface area contributed by atoms with Gasteiger partial charge < -0.3 is 5.11 Å². The van der Waals surface area contributed by atoms with E-state index in [4.69, 9.17) is 6.42 Å². The van der Waals surface area contributed by atoms with E-state index in [1.54, 1.807) is 0 Å². The van der Waals surface area contributed by atoms with Gasteiger partial charge in [-0.25, -0.2) is 0 Å². The van der Waals surface area contributed by atoms with E-state index >= 15 is 0 Å². The number of aromatic hydroxyl groups is 1. The Morgan fingerprint density at radius 2 is 1.74 bits per heavy atom. The first-order chi connectivity index (χ1) is 10.8. The number of hydrogen-bond acceptors (Lipinski definition) is 3. The Hall–Kier alpha value is -1.50. The highest BCUT2D eigenvalue weighted by Gasteiger charge is 2.23. The van der Waals surface area contributed by atoms with E-state index in [0.29, 0.717) is 5.75 Å². The molecule has 0 spiro atoms. The fraction of sp³-hybridized carbons (Fsp3) is 0.600. The van der Waals surface area contributed by atoms with Crippen LogP contribution in [0, 0.1) is 12.3 Å². The number of aryl methyl sites for hydroxylation is 1. The molecule has 0 aliphatic carbocycles. The van der Waals surface area contributed by atoms with E-state index < -0.39 is 0 Å². The van der Waals surface area contributed by atoms with Crippen LogP contribution in [0.15, 0.2) is 12.1 Å². The second-order valence-corrected chi connectivity index (χ2v) is 7.51. The number of rotatable bonds is 4. The molecule has 0 unspecified atom stereocenters. The Kier molecular flexibility index (Phi) is 5.73. The molecule has 1 heterocycles. The van der Waals surface area contributed by atoms with Crippen LogP contribution in [0.5, 0.6) is 5.75 Å². The zero-order valence-electron chi connectivity index (χ0n) is 15.0. The zero-order chi connectivity index (χ0) is 17.0. The van der Waals surface area contributed by atoms with Crippen LogP contribution in [0.4, 0.5) is 0 Å². The number of piperazine rings is 1. The molecule has 1 saturated heterocycles. The summed E-state index contributed by atoms with van der Waals surface area (Å²) in [6.45, 7) is 14.2. The van der Waals surface area contributed by atoms with E-state index in [9.17, 15) is 5.11 Å². The summed E-state index contributed by atoms with van der Waals surface area (Å²) in [7, 11) is 0. The molecule has 126 valence electrons. The van der Waals surface area contributed by atoms with Crippen molar-refractivity contribution >= 4 is 0 Å². The Morgan fingerprint density at radius 3 is 2.26 bits per heavy atom. The summed E-state index contributed by atoms with van der Waals surface area (Å²) >= 11 is 0. The van der Waals surface area contributed by atoms with Gasteiger partial charge in [0.1, 0.15) is 5.75 Å². The maximum atomic E-state index is 10.7. The molecule has 1 aromatic rings. The lowest BCUT2D eigenvalue weighted by Crippen LogP contribution is -2.45. The molecule has 0 atom stereocenters. The van der Waals surface area contributed by atoms with Crippen molar-refractivity contribution in [3.8, 4) is 18.1 Å². The number of terminal acetylenes is 1. The largest absolute Gasteiger partial charge is 0.507 e. The van der Waals surface area contributed by atoms with Gasteiger partial charge in [0.05, 0.1) is 6.54 Å². The fourth-order valence-corrected chi connectivity index (χ4v) is 3.13. The first-order valence-corrected chi connectivity index (χ1v) is 8.58. The van der Waals surface area contributed by atoms with Crippen LogP contribution in [-0.2, 0) is 18.4 Å². The highest BCUT2D eigenvalue weighted by Crippen LogP contribution is 2.35. The lowest BCUT2D eigenvalue weighted by atomic mass is 9.83. The molecule has 1 fully saturated rings. The molecule has 0 aromatic heterocycles. The summed E-state index contributed by atoms with van der Waals surface area (Å²) in [5.41, 5.74) is 3.36. The van der Waals surface area contributed by atoms with Crippen LogP contribution >= 0.6 is 0 Å². The summed E-state index contributed by atoms with van der Waals surface area (Å²) in [5, 5.41) is 10.7. The number of phenols is 1. The molecule has 0 amide bonds. The number of nitrogens with zero attached hydrogens (tertiary/aromatic N) is 2. The lowest BCUT2D eigenvalue weighted by molar-refractivity contribution is 0.137. The minimum atomic E-state index is -0.0461. The van der Waals surface area contributed by atoms with Crippen molar-refractivity contribution in [2.45, 2.75) is 46.1 Å². The molecular weight excluding hydrogens is 284 g/mol. The second-order valence-electron chi connectivity index (χ2n) is 7.51. The summed E-state index contributed by atoms with van der Waals surface area (Å²) in [4.78, 5) is 4.72. The van der Waals surface area contributed by atoms with Gasteiger partial charge in [-0.2, -0.15) is 0 Å². The van der Waals surface area contributed by atoms with Crippen LogP contribution in [-0.4, -0.2) is 47.6 Å². The second kappa shape index (κ2) is 7.38. The Morgan fingerprint density at radius 1 is 1.13 bits per heavy atom. The van der Waals surface area contributed by atoms with Gasteiger partial charge in [-0.3, -0.25) is 9.80 Å². The molecule has 1 aliphatic heterocycles. The smallest absolute Gasteiger partial charge is 0.123 e.